The van der Waals surface area contributed by atoms with E-state index in [1.54, 1.807) is 24.2 Å². The van der Waals surface area contributed by atoms with Crippen LogP contribution < -0.4 is 10.6 Å². The lowest BCUT2D eigenvalue weighted by atomic mass is 10.1. The van der Waals surface area contributed by atoms with Crippen molar-refractivity contribution in [3.63, 3.8) is 0 Å². The van der Waals surface area contributed by atoms with Crippen LogP contribution in [0, 0.1) is 6.92 Å². The SMILES string of the molecule is Cc1ccc(Sc2cnc(Nc3ccccn3)s2)cc1C(=O)NCCO. The Kier molecular flexibility index (Phi) is 6.21. The molecule has 2 aromatic heterocycles. The fraction of sp³-hybridized carbons (Fsp3) is 0.167. The minimum atomic E-state index is -0.180. The number of rotatable bonds is 7. The van der Waals surface area contributed by atoms with Gasteiger partial charge in [0.2, 0.25) is 0 Å². The molecule has 1 aromatic carbocycles. The molecule has 2 heterocycles. The van der Waals surface area contributed by atoms with Gasteiger partial charge in [-0.25, -0.2) is 9.97 Å². The number of nitrogens with zero attached hydrogens (tertiary/aromatic N) is 2. The Hall–Kier alpha value is -2.42. The van der Waals surface area contributed by atoms with Gasteiger partial charge in [-0.15, -0.1) is 0 Å². The van der Waals surface area contributed by atoms with Gasteiger partial charge in [-0.3, -0.25) is 4.79 Å². The highest BCUT2D eigenvalue weighted by Crippen LogP contribution is 2.35. The number of aromatic nitrogens is 2. The molecule has 0 fully saturated rings. The Morgan fingerprint density at radius 2 is 2.15 bits per heavy atom. The second kappa shape index (κ2) is 8.79. The third kappa shape index (κ3) is 4.81. The van der Waals surface area contributed by atoms with Crippen molar-refractivity contribution in [3.8, 4) is 0 Å². The summed E-state index contributed by atoms with van der Waals surface area (Å²) in [6.45, 7) is 2.06. The van der Waals surface area contributed by atoms with Crippen LogP contribution in [0.15, 0.2) is 57.9 Å². The third-order valence-electron chi connectivity index (χ3n) is 3.45. The molecule has 0 radical (unpaired) electrons. The number of nitrogens with one attached hydrogen (secondary N) is 2. The van der Waals surface area contributed by atoms with Gasteiger partial charge in [0, 0.05) is 23.2 Å². The summed E-state index contributed by atoms with van der Waals surface area (Å²) in [5, 5.41) is 15.5. The molecular formula is C18H18N4O2S2. The van der Waals surface area contributed by atoms with Gasteiger partial charge in [0.25, 0.3) is 5.91 Å². The number of carbonyl (C=O) groups is 1. The first-order valence-electron chi connectivity index (χ1n) is 7.97. The number of hydrogen-bond donors (Lipinski definition) is 3. The minimum Gasteiger partial charge on any atom is -0.395 e. The molecule has 0 bridgehead atoms. The van der Waals surface area contributed by atoms with E-state index in [4.69, 9.17) is 5.11 Å². The van der Waals surface area contributed by atoms with Gasteiger partial charge in [0.05, 0.1) is 17.0 Å². The predicted molar refractivity (Wildman–Crippen MR) is 104 cm³/mol. The normalized spacial score (nSPS) is 10.5. The van der Waals surface area contributed by atoms with E-state index >= 15 is 0 Å². The second-order valence-electron chi connectivity index (χ2n) is 5.38. The van der Waals surface area contributed by atoms with Gasteiger partial charge >= 0.3 is 0 Å². The van der Waals surface area contributed by atoms with Crippen LogP contribution in [0.5, 0.6) is 0 Å². The quantitative estimate of drug-likeness (QED) is 0.576. The number of thiazole rings is 1. The summed E-state index contributed by atoms with van der Waals surface area (Å²) in [7, 11) is 0. The van der Waals surface area contributed by atoms with Crippen molar-refractivity contribution in [1.29, 1.82) is 0 Å². The molecule has 134 valence electrons. The Morgan fingerprint density at radius 3 is 2.92 bits per heavy atom. The summed E-state index contributed by atoms with van der Waals surface area (Å²) in [5.41, 5.74) is 1.51. The van der Waals surface area contributed by atoms with Crippen molar-refractivity contribution in [2.75, 3.05) is 18.5 Å². The molecular weight excluding hydrogens is 368 g/mol. The highest BCUT2D eigenvalue weighted by Gasteiger charge is 2.11. The van der Waals surface area contributed by atoms with Gasteiger partial charge < -0.3 is 15.7 Å². The van der Waals surface area contributed by atoms with Crippen molar-refractivity contribution in [2.45, 2.75) is 16.0 Å². The highest BCUT2D eigenvalue weighted by atomic mass is 32.2. The number of hydrogen-bond acceptors (Lipinski definition) is 7. The topological polar surface area (TPSA) is 87.1 Å². The molecule has 0 unspecified atom stereocenters. The molecule has 0 saturated heterocycles. The molecule has 3 rings (SSSR count). The van der Waals surface area contributed by atoms with Crippen LogP contribution in [0.3, 0.4) is 0 Å². The number of aliphatic hydroxyl groups excluding tert-OH is 1. The number of aryl methyl sites for hydroxylation is 1. The zero-order valence-electron chi connectivity index (χ0n) is 14.1. The number of benzene rings is 1. The number of aliphatic hydroxyl groups is 1. The zero-order chi connectivity index (χ0) is 18.4. The maximum absolute atomic E-state index is 12.2. The predicted octanol–water partition coefficient (Wildman–Crippen LogP) is 3.46. The van der Waals surface area contributed by atoms with Crippen LogP contribution in [-0.4, -0.2) is 34.1 Å². The van der Waals surface area contributed by atoms with Crippen molar-refractivity contribution in [2.24, 2.45) is 0 Å². The number of anilines is 2. The Balaban J connectivity index is 1.70. The molecule has 0 aliphatic heterocycles. The summed E-state index contributed by atoms with van der Waals surface area (Å²) in [6, 6.07) is 11.4. The molecule has 6 nitrogen and oxygen atoms in total. The first-order chi connectivity index (χ1) is 12.7. The van der Waals surface area contributed by atoms with E-state index in [0.29, 0.717) is 5.56 Å². The standard InChI is InChI=1S/C18H18N4O2S2/c1-12-5-6-13(10-14(12)17(24)20-8-9-23)25-16-11-21-18(26-16)22-15-4-2-3-7-19-15/h2-7,10-11,23H,8-9H2,1H3,(H,20,24)(H,19,21,22). The largest absolute Gasteiger partial charge is 0.395 e. The number of carbonyl (C=O) groups excluding carboxylic acids is 1. The van der Waals surface area contributed by atoms with E-state index in [0.717, 1.165) is 25.6 Å². The van der Waals surface area contributed by atoms with Crippen LogP contribution >= 0.6 is 23.1 Å². The Morgan fingerprint density at radius 1 is 1.27 bits per heavy atom. The van der Waals surface area contributed by atoms with E-state index in [-0.39, 0.29) is 19.1 Å². The van der Waals surface area contributed by atoms with Crippen LogP contribution in [0.25, 0.3) is 0 Å². The number of pyridine rings is 1. The van der Waals surface area contributed by atoms with Crippen LogP contribution in [0.2, 0.25) is 0 Å². The van der Waals surface area contributed by atoms with Gasteiger partial charge in [0.1, 0.15) is 5.82 Å². The summed E-state index contributed by atoms with van der Waals surface area (Å²) < 4.78 is 1.01. The van der Waals surface area contributed by atoms with E-state index in [9.17, 15) is 4.79 Å². The summed E-state index contributed by atoms with van der Waals surface area (Å²) in [6.07, 6.45) is 3.52. The molecule has 8 heteroatoms. The van der Waals surface area contributed by atoms with Crippen molar-refractivity contribution in [1.82, 2.24) is 15.3 Å². The van der Waals surface area contributed by atoms with Gasteiger partial charge in [-0.2, -0.15) is 0 Å². The monoisotopic (exact) mass is 386 g/mol. The highest BCUT2D eigenvalue weighted by molar-refractivity contribution is 8.01. The molecule has 1 amide bonds. The molecule has 3 aromatic rings. The van der Waals surface area contributed by atoms with Crippen LogP contribution in [-0.2, 0) is 0 Å². The lowest BCUT2D eigenvalue weighted by molar-refractivity contribution is 0.0944. The minimum absolute atomic E-state index is 0.0772. The average Bonchev–Trinajstić information content (AvgIpc) is 3.09. The van der Waals surface area contributed by atoms with Gasteiger partial charge in [-0.1, -0.05) is 35.2 Å². The van der Waals surface area contributed by atoms with Gasteiger partial charge in [-0.05, 0) is 36.8 Å². The van der Waals surface area contributed by atoms with Crippen molar-refractivity contribution >= 4 is 40.0 Å². The molecule has 26 heavy (non-hydrogen) atoms. The first-order valence-corrected chi connectivity index (χ1v) is 9.60. The average molecular weight is 387 g/mol. The summed E-state index contributed by atoms with van der Waals surface area (Å²) >= 11 is 3.07. The van der Waals surface area contributed by atoms with Gasteiger partial charge in [0.15, 0.2) is 5.13 Å². The molecule has 0 atom stereocenters. The summed E-state index contributed by atoms with van der Waals surface area (Å²) in [4.78, 5) is 21.7. The van der Waals surface area contributed by atoms with Crippen molar-refractivity contribution < 1.29 is 9.90 Å². The molecule has 3 N–H and O–H groups in total. The smallest absolute Gasteiger partial charge is 0.251 e. The molecule has 0 aliphatic carbocycles. The molecule has 0 aliphatic rings. The maximum atomic E-state index is 12.2. The van der Waals surface area contributed by atoms with Crippen molar-refractivity contribution in [3.05, 3.63) is 59.9 Å². The van der Waals surface area contributed by atoms with E-state index in [1.807, 2.05) is 43.3 Å². The first kappa shape index (κ1) is 18.4. The third-order valence-corrected chi connectivity index (χ3v) is 5.46. The fourth-order valence-corrected chi connectivity index (χ4v) is 4.10. The van der Waals surface area contributed by atoms with Crippen LogP contribution in [0.1, 0.15) is 15.9 Å². The second-order valence-corrected chi connectivity index (χ2v) is 7.79. The lowest BCUT2D eigenvalue weighted by Crippen LogP contribution is -2.27. The zero-order valence-corrected chi connectivity index (χ0v) is 15.7. The Bertz CT molecular complexity index is 884. The fourth-order valence-electron chi connectivity index (χ4n) is 2.20. The van der Waals surface area contributed by atoms with E-state index in [2.05, 4.69) is 20.6 Å². The lowest BCUT2D eigenvalue weighted by Gasteiger charge is -2.08. The number of amides is 1. The molecule has 0 saturated carbocycles. The summed E-state index contributed by atoms with van der Waals surface area (Å²) in [5.74, 6) is 0.567. The maximum Gasteiger partial charge on any atom is 0.251 e. The van der Waals surface area contributed by atoms with E-state index in [1.165, 1.54) is 11.3 Å². The van der Waals surface area contributed by atoms with E-state index < -0.39 is 0 Å². The molecule has 0 spiro atoms. The van der Waals surface area contributed by atoms with Crippen LogP contribution in [0.4, 0.5) is 10.9 Å². The Labute approximate surface area is 159 Å².